The van der Waals surface area contributed by atoms with Gasteiger partial charge >= 0.3 is 23.9 Å². The van der Waals surface area contributed by atoms with Crippen LogP contribution >= 0.6 is 0 Å². The highest BCUT2D eigenvalue weighted by molar-refractivity contribution is 6.14. The number of benzene rings is 2. The molecule has 1 heterocycles. The summed E-state index contributed by atoms with van der Waals surface area (Å²) in [5, 5.41) is 26.0. The first-order chi connectivity index (χ1) is 11.3. The summed E-state index contributed by atoms with van der Waals surface area (Å²) in [7, 11) is 0. The lowest BCUT2D eigenvalue weighted by Crippen LogP contribution is -2.07. The fourth-order valence-corrected chi connectivity index (χ4v) is 1.93. The molecule has 0 saturated carbocycles. The van der Waals surface area contributed by atoms with Crippen molar-refractivity contribution < 1.29 is 39.2 Å². The summed E-state index contributed by atoms with van der Waals surface area (Å²) in [5.41, 5.74) is -0.0483. The SMILES string of the molecule is O=C(O)c1ccc(O)cc1C(=O)O.O=C1OC(=O)c2ccccc21. The first kappa shape index (κ1) is 16.7. The van der Waals surface area contributed by atoms with E-state index >= 15 is 0 Å². The van der Waals surface area contributed by atoms with E-state index in [0.29, 0.717) is 11.1 Å². The smallest absolute Gasteiger partial charge is 0.346 e. The first-order valence-electron chi connectivity index (χ1n) is 6.46. The lowest BCUT2D eigenvalue weighted by molar-refractivity contribution is 0.0442. The second kappa shape index (κ2) is 6.61. The number of rotatable bonds is 2. The predicted molar refractivity (Wildman–Crippen MR) is 78.2 cm³/mol. The van der Waals surface area contributed by atoms with E-state index in [2.05, 4.69) is 4.74 Å². The number of ether oxygens (including phenoxy) is 1. The second-order valence-corrected chi connectivity index (χ2v) is 4.56. The highest BCUT2D eigenvalue weighted by atomic mass is 16.6. The van der Waals surface area contributed by atoms with E-state index in [1.165, 1.54) is 0 Å². The van der Waals surface area contributed by atoms with E-state index in [9.17, 15) is 19.2 Å². The van der Waals surface area contributed by atoms with E-state index in [-0.39, 0.29) is 11.3 Å². The number of hydrogen-bond donors (Lipinski definition) is 3. The number of carboxylic acid groups (broad SMARTS) is 2. The van der Waals surface area contributed by atoms with Gasteiger partial charge < -0.3 is 20.1 Å². The fraction of sp³-hybridized carbons (Fsp3) is 0. The number of esters is 2. The number of aromatic hydroxyl groups is 1. The molecule has 1 aliphatic heterocycles. The maximum atomic E-state index is 10.8. The van der Waals surface area contributed by atoms with Crippen LogP contribution in [0.5, 0.6) is 5.75 Å². The molecule has 2 aromatic rings. The normalized spacial score (nSPS) is 11.8. The highest BCUT2D eigenvalue weighted by Crippen LogP contribution is 2.18. The molecule has 24 heavy (non-hydrogen) atoms. The van der Waals surface area contributed by atoms with Crippen molar-refractivity contribution in [2.75, 3.05) is 0 Å². The molecule has 122 valence electrons. The van der Waals surface area contributed by atoms with Gasteiger partial charge in [-0.15, -0.1) is 0 Å². The molecule has 0 aliphatic carbocycles. The third-order valence-electron chi connectivity index (χ3n) is 3.02. The zero-order valence-corrected chi connectivity index (χ0v) is 11.9. The van der Waals surface area contributed by atoms with Gasteiger partial charge in [0.25, 0.3) is 0 Å². The lowest BCUT2D eigenvalue weighted by Gasteiger charge is -2.00. The maximum absolute atomic E-state index is 10.8. The summed E-state index contributed by atoms with van der Waals surface area (Å²) in [4.78, 5) is 42.7. The molecule has 0 saturated heterocycles. The molecule has 8 heteroatoms. The van der Waals surface area contributed by atoms with Crippen molar-refractivity contribution >= 4 is 23.9 Å². The quantitative estimate of drug-likeness (QED) is 0.559. The number of fused-ring (bicyclic) bond motifs is 1. The van der Waals surface area contributed by atoms with Crippen LogP contribution in [0.15, 0.2) is 42.5 Å². The van der Waals surface area contributed by atoms with Crippen LogP contribution in [0.1, 0.15) is 41.4 Å². The van der Waals surface area contributed by atoms with Crippen molar-refractivity contribution in [3.05, 3.63) is 64.7 Å². The largest absolute Gasteiger partial charge is 0.508 e. The van der Waals surface area contributed by atoms with Crippen LogP contribution in [0, 0.1) is 0 Å². The lowest BCUT2D eigenvalue weighted by atomic mass is 10.1. The van der Waals surface area contributed by atoms with E-state index < -0.39 is 29.4 Å². The third-order valence-corrected chi connectivity index (χ3v) is 3.02. The summed E-state index contributed by atoms with van der Waals surface area (Å²) < 4.78 is 4.35. The van der Waals surface area contributed by atoms with Gasteiger partial charge in [0, 0.05) is 0 Å². The Morgan fingerprint density at radius 3 is 1.75 bits per heavy atom. The Hall–Kier alpha value is -3.68. The summed E-state index contributed by atoms with van der Waals surface area (Å²) in [6.07, 6.45) is 0. The van der Waals surface area contributed by atoms with Crippen LogP contribution < -0.4 is 0 Å². The molecule has 0 unspecified atom stereocenters. The molecule has 0 fully saturated rings. The van der Waals surface area contributed by atoms with E-state index in [0.717, 1.165) is 18.2 Å². The van der Waals surface area contributed by atoms with Gasteiger partial charge in [0.15, 0.2) is 0 Å². The zero-order valence-electron chi connectivity index (χ0n) is 11.9. The van der Waals surface area contributed by atoms with E-state index in [4.69, 9.17) is 15.3 Å². The molecule has 0 bridgehead atoms. The van der Waals surface area contributed by atoms with E-state index in [1.807, 2.05) is 0 Å². The Bertz CT molecular complexity index is 820. The van der Waals surface area contributed by atoms with Crippen LogP contribution in [0.4, 0.5) is 0 Å². The van der Waals surface area contributed by atoms with Gasteiger partial charge in [-0.3, -0.25) is 0 Å². The Kier molecular flexibility index (Phi) is 4.60. The van der Waals surface area contributed by atoms with Crippen LogP contribution in [-0.4, -0.2) is 39.2 Å². The zero-order chi connectivity index (χ0) is 17.9. The van der Waals surface area contributed by atoms with Gasteiger partial charge in [-0.05, 0) is 30.3 Å². The van der Waals surface area contributed by atoms with Gasteiger partial charge in [-0.2, -0.15) is 0 Å². The molecule has 0 radical (unpaired) electrons. The minimum atomic E-state index is -1.38. The van der Waals surface area contributed by atoms with Crippen LogP contribution in [0.3, 0.4) is 0 Å². The Morgan fingerprint density at radius 2 is 1.29 bits per heavy atom. The standard InChI is InChI=1S/C8H6O5.C8H4O3/c9-4-1-2-5(7(10)11)6(3-4)8(12)13;9-7-5-3-1-2-4-6(5)8(10)11-7/h1-3,9H,(H,10,11)(H,12,13);1-4H. The Balaban J connectivity index is 0.000000175. The summed E-state index contributed by atoms with van der Waals surface area (Å²) in [6, 6.07) is 9.59. The van der Waals surface area contributed by atoms with E-state index in [1.54, 1.807) is 24.3 Å². The average Bonchev–Trinajstić information content (AvgIpc) is 2.83. The summed E-state index contributed by atoms with van der Waals surface area (Å²) in [6.45, 7) is 0. The molecule has 0 aromatic heterocycles. The molecule has 2 aromatic carbocycles. The first-order valence-corrected chi connectivity index (χ1v) is 6.46. The number of cyclic esters (lactones) is 2. The second-order valence-electron chi connectivity index (χ2n) is 4.56. The van der Waals surface area contributed by atoms with Crippen molar-refractivity contribution in [1.29, 1.82) is 0 Å². The molecular weight excluding hydrogens is 320 g/mol. The molecule has 3 N–H and O–H groups in total. The van der Waals surface area contributed by atoms with Gasteiger partial charge in [-0.1, -0.05) is 12.1 Å². The minimum absolute atomic E-state index is 0.276. The van der Waals surface area contributed by atoms with Crippen molar-refractivity contribution in [2.24, 2.45) is 0 Å². The van der Waals surface area contributed by atoms with Crippen molar-refractivity contribution in [3.8, 4) is 5.75 Å². The van der Waals surface area contributed by atoms with Gasteiger partial charge in [-0.25, -0.2) is 19.2 Å². The van der Waals surface area contributed by atoms with Crippen molar-refractivity contribution in [2.45, 2.75) is 0 Å². The van der Waals surface area contributed by atoms with Crippen LogP contribution in [-0.2, 0) is 4.74 Å². The summed E-state index contributed by atoms with van der Waals surface area (Å²) in [5.74, 6) is -4.09. The van der Waals surface area contributed by atoms with Gasteiger partial charge in [0.05, 0.1) is 22.3 Å². The molecule has 3 rings (SSSR count). The number of carbonyl (C=O) groups is 4. The van der Waals surface area contributed by atoms with Crippen molar-refractivity contribution in [3.63, 3.8) is 0 Å². The van der Waals surface area contributed by atoms with Gasteiger partial charge in [0.1, 0.15) is 5.75 Å². The minimum Gasteiger partial charge on any atom is -0.508 e. The number of carboxylic acids is 2. The molecule has 1 aliphatic rings. The number of carbonyl (C=O) groups excluding carboxylic acids is 2. The monoisotopic (exact) mass is 330 g/mol. The van der Waals surface area contributed by atoms with Crippen molar-refractivity contribution in [1.82, 2.24) is 0 Å². The van der Waals surface area contributed by atoms with Crippen LogP contribution in [0.2, 0.25) is 0 Å². The fourth-order valence-electron chi connectivity index (χ4n) is 1.93. The number of aromatic carboxylic acids is 2. The molecule has 0 atom stereocenters. The number of phenols is 1. The highest BCUT2D eigenvalue weighted by Gasteiger charge is 2.28. The average molecular weight is 330 g/mol. The van der Waals surface area contributed by atoms with Gasteiger partial charge in [0.2, 0.25) is 0 Å². The number of phenolic OH excluding ortho intramolecular Hbond substituents is 1. The Labute approximate surface area is 134 Å². The molecule has 0 amide bonds. The predicted octanol–water partition coefficient (Wildman–Crippen LogP) is 1.79. The molecule has 8 nitrogen and oxygen atoms in total. The Morgan fingerprint density at radius 1 is 0.792 bits per heavy atom. The molecule has 0 spiro atoms. The van der Waals surface area contributed by atoms with Crippen LogP contribution in [0.25, 0.3) is 0 Å². The topological polar surface area (TPSA) is 138 Å². The third kappa shape index (κ3) is 3.38. The maximum Gasteiger partial charge on any atom is 0.346 e. The molecular formula is C16H10O8. The summed E-state index contributed by atoms with van der Waals surface area (Å²) >= 11 is 0. The number of hydrogen-bond acceptors (Lipinski definition) is 6.